The van der Waals surface area contributed by atoms with Gasteiger partial charge in [-0.15, -0.1) is 0 Å². The van der Waals surface area contributed by atoms with E-state index in [1.165, 1.54) is 11.1 Å². The van der Waals surface area contributed by atoms with E-state index in [1.54, 1.807) is 19.0 Å². The van der Waals surface area contributed by atoms with Crippen molar-refractivity contribution in [3.8, 4) is 0 Å². The monoisotopic (exact) mass is 437 g/mol. The Bertz CT molecular complexity index is 796. The molecule has 7 heteroatoms. The van der Waals surface area contributed by atoms with Crippen LogP contribution in [0.4, 0.5) is 0 Å². The van der Waals surface area contributed by atoms with Crippen LogP contribution in [0.2, 0.25) is 0 Å². The minimum absolute atomic E-state index is 0.0260. The highest BCUT2D eigenvalue weighted by Gasteiger charge is 2.15. The number of nitrogens with zero attached hydrogens (tertiary/aromatic N) is 3. The lowest BCUT2D eigenvalue weighted by Gasteiger charge is -2.27. The average molecular weight is 438 g/mol. The second-order valence-corrected chi connectivity index (χ2v) is 8.09. The topological polar surface area (TPSA) is 69.2 Å². The maximum Gasteiger partial charge on any atom is 0.243 e. The standard InChI is InChI=1S/C25H35N5O2/c1-29(2)24(31)20-28-25(26-13-14-30-15-17-32-18-16-30)27-19-23(21-9-5-3-6-10-21)22-11-7-4-8-12-22/h3-12,23H,13-20H2,1-2H3,(H2,26,27,28). The van der Waals surface area contributed by atoms with Gasteiger partial charge in [-0.05, 0) is 11.1 Å². The van der Waals surface area contributed by atoms with Crippen LogP contribution in [0.15, 0.2) is 65.7 Å². The third-order valence-corrected chi connectivity index (χ3v) is 5.57. The Balaban J connectivity index is 1.66. The number of carbonyl (C=O) groups is 1. The third-order valence-electron chi connectivity index (χ3n) is 5.57. The Kier molecular flexibility index (Phi) is 9.53. The molecule has 0 bridgehead atoms. The van der Waals surface area contributed by atoms with Crippen molar-refractivity contribution in [2.75, 3.05) is 66.6 Å². The van der Waals surface area contributed by atoms with Gasteiger partial charge in [0.2, 0.25) is 5.91 Å². The molecular formula is C25H35N5O2. The first-order valence-corrected chi connectivity index (χ1v) is 11.3. The van der Waals surface area contributed by atoms with Gasteiger partial charge in [-0.25, -0.2) is 4.99 Å². The highest BCUT2D eigenvalue weighted by Crippen LogP contribution is 2.23. The van der Waals surface area contributed by atoms with Crippen LogP contribution in [0.25, 0.3) is 0 Å². The summed E-state index contributed by atoms with van der Waals surface area (Å²) in [6, 6.07) is 20.9. The number of morpholine rings is 1. The molecule has 2 aromatic carbocycles. The number of likely N-dealkylation sites (N-methyl/N-ethyl adjacent to an activating group) is 1. The molecule has 1 aliphatic heterocycles. The Morgan fingerprint density at radius 2 is 1.59 bits per heavy atom. The van der Waals surface area contributed by atoms with Crippen molar-refractivity contribution >= 4 is 11.9 Å². The van der Waals surface area contributed by atoms with Gasteiger partial charge in [0.05, 0.1) is 13.2 Å². The van der Waals surface area contributed by atoms with Gasteiger partial charge in [-0.3, -0.25) is 9.69 Å². The molecule has 1 heterocycles. The van der Waals surface area contributed by atoms with Crippen molar-refractivity contribution in [3.05, 3.63) is 71.8 Å². The van der Waals surface area contributed by atoms with Gasteiger partial charge >= 0.3 is 0 Å². The van der Waals surface area contributed by atoms with Crippen LogP contribution in [0, 0.1) is 0 Å². The molecule has 1 amide bonds. The molecule has 3 rings (SSSR count). The van der Waals surface area contributed by atoms with E-state index in [0.717, 1.165) is 39.4 Å². The molecule has 0 aromatic heterocycles. The number of aliphatic imine (C=N–C) groups is 1. The summed E-state index contributed by atoms with van der Waals surface area (Å²) in [4.78, 5) is 20.6. The first kappa shape index (κ1) is 23.8. The van der Waals surface area contributed by atoms with Crippen molar-refractivity contribution < 1.29 is 9.53 Å². The van der Waals surface area contributed by atoms with E-state index in [1.807, 2.05) is 12.1 Å². The summed E-state index contributed by atoms with van der Waals surface area (Å²) in [6.45, 7) is 5.92. The summed E-state index contributed by atoms with van der Waals surface area (Å²) in [5.74, 6) is 0.806. The lowest BCUT2D eigenvalue weighted by molar-refractivity contribution is -0.127. The summed E-state index contributed by atoms with van der Waals surface area (Å²) in [5, 5.41) is 6.88. The molecular weight excluding hydrogens is 402 g/mol. The number of hydrogen-bond acceptors (Lipinski definition) is 4. The highest BCUT2D eigenvalue weighted by molar-refractivity contribution is 5.84. The Hall–Kier alpha value is -2.90. The third kappa shape index (κ3) is 7.66. The Labute approximate surface area is 191 Å². The maximum absolute atomic E-state index is 12.1. The number of amides is 1. The van der Waals surface area contributed by atoms with Crippen LogP contribution in [-0.2, 0) is 9.53 Å². The smallest absolute Gasteiger partial charge is 0.243 e. The van der Waals surface area contributed by atoms with Gasteiger partial charge in [-0.1, -0.05) is 60.7 Å². The molecule has 1 aliphatic rings. The van der Waals surface area contributed by atoms with Crippen LogP contribution in [0.5, 0.6) is 0 Å². The summed E-state index contributed by atoms with van der Waals surface area (Å²) in [6.07, 6.45) is 0. The molecule has 1 fully saturated rings. The number of guanidine groups is 1. The van der Waals surface area contributed by atoms with Gasteiger partial charge in [-0.2, -0.15) is 0 Å². The molecule has 0 aliphatic carbocycles. The van der Waals surface area contributed by atoms with E-state index in [4.69, 9.17) is 4.74 Å². The van der Waals surface area contributed by atoms with Gasteiger partial charge in [0.25, 0.3) is 0 Å². The Morgan fingerprint density at radius 1 is 1.00 bits per heavy atom. The van der Waals surface area contributed by atoms with E-state index in [2.05, 4.69) is 69.1 Å². The molecule has 32 heavy (non-hydrogen) atoms. The van der Waals surface area contributed by atoms with Gasteiger partial charge in [0.1, 0.15) is 6.54 Å². The molecule has 172 valence electrons. The van der Waals surface area contributed by atoms with Crippen LogP contribution >= 0.6 is 0 Å². The molecule has 2 N–H and O–H groups in total. The van der Waals surface area contributed by atoms with Gasteiger partial charge in [0, 0.05) is 52.7 Å². The zero-order valence-electron chi connectivity index (χ0n) is 19.2. The highest BCUT2D eigenvalue weighted by atomic mass is 16.5. The van der Waals surface area contributed by atoms with Crippen LogP contribution in [-0.4, -0.2) is 88.2 Å². The van der Waals surface area contributed by atoms with Crippen LogP contribution in [0.3, 0.4) is 0 Å². The SMILES string of the molecule is CN(C)C(=O)CN=C(NCCN1CCOCC1)NCC(c1ccccc1)c1ccccc1. The summed E-state index contributed by atoms with van der Waals surface area (Å²) in [7, 11) is 3.50. The van der Waals surface area contributed by atoms with Crippen molar-refractivity contribution in [1.82, 2.24) is 20.4 Å². The van der Waals surface area contributed by atoms with E-state index in [-0.39, 0.29) is 18.4 Å². The molecule has 0 saturated carbocycles. The fourth-order valence-corrected chi connectivity index (χ4v) is 3.62. The molecule has 1 saturated heterocycles. The normalized spacial score (nSPS) is 14.9. The van der Waals surface area contributed by atoms with E-state index >= 15 is 0 Å². The second-order valence-electron chi connectivity index (χ2n) is 8.09. The number of ether oxygens (including phenoxy) is 1. The van der Waals surface area contributed by atoms with Crippen LogP contribution in [0.1, 0.15) is 17.0 Å². The summed E-state index contributed by atoms with van der Waals surface area (Å²) < 4.78 is 5.42. The molecule has 7 nitrogen and oxygen atoms in total. The first-order valence-electron chi connectivity index (χ1n) is 11.3. The number of hydrogen-bond donors (Lipinski definition) is 2. The summed E-state index contributed by atoms with van der Waals surface area (Å²) in [5.41, 5.74) is 2.48. The molecule has 0 spiro atoms. The van der Waals surface area contributed by atoms with E-state index < -0.39 is 0 Å². The largest absolute Gasteiger partial charge is 0.379 e. The zero-order valence-corrected chi connectivity index (χ0v) is 19.2. The lowest BCUT2D eigenvalue weighted by Crippen LogP contribution is -2.45. The van der Waals surface area contributed by atoms with E-state index in [0.29, 0.717) is 12.5 Å². The molecule has 2 aromatic rings. The first-order chi connectivity index (χ1) is 15.6. The number of carbonyl (C=O) groups excluding carboxylic acids is 1. The molecule has 0 atom stereocenters. The van der Waals surface area contributed by atoms with Crippen molar-refractivity contribution in [1.29, 1.82) is 0 Å². The minimum atomic E-state index is -0.0260. The van der Waals surface area contributed by atoms with Crippen molar-refractivity contribution in [3.63, 3.8) is 0 Å². The fourth-order valence-electron chi connectivity index (χ4n) is 3.62. The minimum Gasteiger partial charge on any atom is -0.379 e. The number of benzene rings is 2. The maximum atomic E-state index is 12.1. The molecule has 0 radical (unpaired) electrons. The zero-order chi connectivity index (χ0) is 22.6. The number of nitrogens with one attached hydrogen (secondary N) is 2. The van der Waals surface area contributed by atoms with Crippen molar-refractivity contribution in [2.45, 2.75) is 5.92 Å². The van der Waals surface area contributed by atoms with Crippen molar-refractivity contribution in [2.24, 2.45) is 4.99 Å². The van der Waals surface area contributed by atoms with Gasteiger partial charge in [0.15, 0.2) is 5.96 Å². The number of rotatable bonds is 9. The van der Waals surface area contributed by atoms with Gasteiger partial charge < -0.3 is 20.3 Å². The predicted octanol–water partition coefficient (Wildman–Crippen LogP) is 1.77. The Morgan fingerprint density at radius 3 is 2.16 bits per heavy atom. The summed E-state index contributed by atoms with van der Waals surface area (Å²) >= 11 is 0. The quantitative estimate of drug-likeness (QED) is 0.462. The predicted molar refractivity (Wildman–Crippen MR) is 129 cm³/mol. The molecule has 0 unspecified atom stereocenters. The van der Waals surface area contributed by atoms with Crippen LogP contribution < -0.4 is 10.6 Å². The van der Waals surface area contributed by atoms with E-state index in [9.17, 15) is 4.79 Å². The fraction of sp³-hybridized carbons (Fsp3) is 0.440. The lowest BCUT2D eigenvalue weighted by atomic mass is 9.91. The average Bonchev–Trinajstić information content (AvgIpc) is 2.84. The second kappa shape index (κ2) is 12.8.